The molecule has 0 heterocycles. The average molecular weight is 273 g/mol. The van der Waals surface area contributed by atoms with Crippen LogP contribution in [0, 0.1) is 11.6 Å². The summed E-state index contributed by atoms with van der Waals surface area (Å²) in [7, 11) is 0. The van der Waals surface area contributed by atoms with Gasteiger partial charge in [-0.05, 0) is 31.5 Å². The predicted octanol–water partition coefficient (Wildman–Crippen LogP) is 3.36. The van der Waals surface area contributed by atoms with E-state index in [0.717, 1.165) is 18.6 Å². The summed E-state index contributed by atoms with van der Waals surface area (Å²) in [6.45, 7) is 3.95. The van der Waals surface area contributed by atoms with E-state index in [-0.39, 0.29) is 11.9 Å². The van der Waals surface area contributed by atoms with Crippen LogP contribution in [0.1, 0.15) is 26.7 Å². The second-order valence-corrected chi connectivity index (χ2v) is 5.22. The van der Waals surface area contributed by atoms with Gasteiger partial charge in [-0.15, -0.1) is 11.8 Å². The quantitative estimate of drug-likeness (QED) is 0.805. The molecule has 1 amide bonds. The van der Waals surface area contributed by atoms with E-state index in [0.29, 0.717) is 17.1 Å². The fraction of sp³-hybridized carbons (Fsp3) is 0.462. The topological polar surface area (TPSA) is 29.1 Å². The van der Waals surface area contributed by atoms with Crippen LogP contribution >= 0.6 is 11.8 Å². The normalized spacial score (nSPS) is 12.2. The number of carbonyl (C=O) groups excluding carboxylic acids is 1. The average Bonchev–Trinajstić information content (AvgIpc) is 2.33. The molecule has 0 aliphatic carbocycles. The highest BCUT2D eigenvalue weighted by Crippen LogP contribution is 2.20. The van der Waals surface area contributed by atoms with E-state index in [1.807, 2.05) is 13.8 Å². The standard InChI is InChI=1S/C13H17F2NOS/c1-3-9(2)16-13(17)6-7-18-10-4-5-11(14)12(15)8-10/h4-5,8-9H,3,6-7H2,1-2H3,(H,16,17). The Morgan fingerprint density at radius 1 is 1.39 bits per heavy atom. The first-order chi connectivity index (χ1) is 8.52. The number of benzene rings is 1. The molecule has 1 atom stereocenters. The van der Waals surface area contributed by atoms with E-state index in [9.17, 15) is 13.6 Å². The molecule has 0 saturated carbocycles. The number of nitrogens with one attached hydrogen (secondary N) is 1. The molecule has 1 rings (SSSR count). The van der Waals surface area contributed by atoms with Gasteiger partial charge in [-0.2, -0.15) is 0 Å². The summed E-state index contributed by atoms with van der Waals surface area (Å²) in [5.74, 6) is -1.18. The van der Waals surface area contributed by atoms with Crippen molar-refractivity contribution >= 4 is 17.7 Å². The van der Waals surface area contributed by atoms with Crippen molar-refractivity contribution in [2.75, 3.05) is 5.75 Å². The molecule has 0 fully saturated rings. The van der Waals surface area contributed by atoms with Gasteiger partial charge in [-0.25, -0.2) is 8.78 Å². The van der Waals surface area contributed by atoms with Gasteiger partial charge >= 0.3 is 0 Å². The van der Waals surface area contributed by atoms with Crippen molar-refractivity contribution in [2.45, 2.75) is 37.6 Å². The maximum absolute atomic E-state index is 12.9. The van der Waals surface area contributed by atoms with Crippen LogP contribution in [0.5, 0.6) is 0 Å². The summed E-state index contributed by atoms with van der Waals surface area (Å²) in [4.78, 5) is 12.1. The van der Waals surface area contributed by atoms with E-state index < -0.39 is 11.6 Å². The Kier molecular flexibility index (Phi) is 6.12. The number of hydrogen-bond acceptors (Lipinski definition) is 2. The number of halogens is 2. The predicted molar refractivity (Wildman–Crippen MR) is 69.6 cm³/mol. The van der Waals surface area contributed by atoms with Crippen LogP contribution in [-0.2, 0) is 4.79 Å². The fourth-order valence-electron chi connectivity index (χ4n) is 1.28. The van der Waals surface area contributed by atoms with Crippen LogP contribution in [-0.4, -0.2) is 17.7 Å². The van der Waals surface area contributed by atoms with Gasteiger partial charge in [0.1, 0.15) is 0 Å². The van der Waals surface area contributed by atoms with Gasteiger partial charge in [0.2, 0.25) is 5.91 Å². The van der Waals surface area contributed by atoms with Crippen LogP contribution in [0.15, 0.2) is 23.1 Å². The van der Waals surface area contributed by atoms with Gasteiger partial charge in [0.25, 0.3) is 0 Å². The molecule has 0 radical (unpaired) electrons. The minimum absolute atomic E-state index is 0.0144. The van der Waals surface area contributed by atoms with Gasteiger partial charge in [0, 0.05) is 23.1 Å². The van der Waals surface area contributed by atoms with Crippen molar-refractivity contribution in [2.24, 2.45) is 0 Å². The first-order valence-corrected chi connectivity index (χ1v) is 6.88. The van der Waals surface area contributed by atoms with Crippen molar-refractivity contribution in [3.05, 3.63) is 29.8 Å². The van der Waals surface area contributed by atoms with Gasteiger partial charge < -0.3 is 5.32 Å². The lowest BCUT2D eigenvalue weighted by atomic mass is 10.2. The van der Waals surface area contributed by atoms with Gasteiger partial charge in [0.15, 0.2) is 11.6 Å². The number of rotatable bonds is 6. The van der Waals surface area contributed by atoms with E-state index in [1.54, 1.807) is 0 Å². The van der Waals surface area contributed by atoms with E-state index in [1.165, 1.54) is 17.8 Å². The molecule has 5 heteroatoms. The summed E-state index contributed by atoms with van der Waals surface area (Å²) in [5, 5.41) is 2.85. The van der Waals surface area contributed by atoms with Gasteiger partial charge in [-0.3, -0.25) is 4.79 Å². The highest BCUT2D eigenvalue weighted by molar-refractivity contribution is 7.99. The van der Waals surface area contributed by atoms with Crippen molar-refractivity contribution in [1.82, 2.24) is 5.32 Å². The van der Waals surface area contributed by atoms with Crippen molar-refractivity contribution < 1.29 is 13.6 Å². The second-order valence-electron chi connectivity index (χ2n) is 4.05. The Morgan fingerprint density at radius 3 is 2.72 bits per heavy atom. The Hall–Kier alpha value is -1.10. The number of carbonyl (C=O) groups is 1. The molecule has 100 valence electrons. The van der Waals surface area contributed by atoms with Crippen molar-refractivity contribution in [3.8, 4) is 0 Å². The number of amides is 1. The molecule has 0 aliphatic rings. The maximum Gasteiger partial charge on any atom is 0.221 e. The first kappa shape index (κ1) is 15.0. The van der Waals surface area contributed by atoms with Crippen molar-refractivity contribution in [3.63, 3.8) is 0 Å². The summed E-state index contributed by atoms with van der Waals surface area (Å²) in [5.41, 5.74) is 0. The second kappa shape index (κ2) is 7.36. The number of hydrogen-bond donors (Lipinski definition) is 1. The maximum atomic E-state index is 12.9. The SMILES string of the molecule is CCC(C)NC(=O)CCSc1ccc(F)c(F)c1. The van der Waals surface area contributed by atoms with Crippen molar-refractivity contribution in [1.29, 1.82) is 0 Å². The molecule has 18 heavy (non-hydrogen) atoms. The highest BCUT2D eigenvalue weighted by atomic mass is 32.2. The molecule has 0 saturated heterocycles. The van der Waals surface area contributed by atoms with Crippen LogP contribution in [0.4, 0.5) is 8.78 Å². The summed E-state index contributed by atoms with van der Waals surface area (Å²) < 4.78 is 25.6. The lowest BCUT2D eigenvalue weighted by Gasteiger charge is -2.10. The third kappa shape index (κ3) is 5.04. The summed E-state index contributed by atoms with van der Waals surface area (Å²) in [6, 6.07) is 3.92. The number of thioether (sulfide) groups is 1. The zero-order valence-electron chi connectivity index (χ0n) is 10.5. The largest absolute Gasteiger partial charge is 0.354 e. The lowest BCUT2D eigenvalue weighted by Crippen LogP contribution is -2.32. The fourth-order valence-corrected chi connectivity index (χ4v) is 2.15. The Morgan fingerprint density at radius 2 is 2.11 bits per heavy atom. The van der Waals surface area contributed by atoms with E-state index in [2.05, 4.69) is 5.32 Å². The van der Waals surface area contributed by atoms with Crippen LogP contribution in [0.3, 0.4) is 0 Å². The zero-order valence-corrected chi connectivity index (χ0v) is 11.3. The smallest absolute Gasteiger partial charge is 0.221 e. The summed E-state index contributed by atoms with van der Waals surface area (Å²) in [6.07, 6.45) is 1.26. The minimum atomic E-state index is -0.857. The molecule has 0 aliphatic heterocycles. The van der Waals surface area contributed by atoms with Gasteiger partial charge in [0.05, 0.1) is 0 Å². The first-order valence-electron chi connectivity index (χ1n) is 5.90. The zero-order chi connectivity index (χ0) is 13.5. The Bertz CT molecular complexity index is 412. The molecule has 0 aromatic heterocycles. The summed E-state index contributed by atoms with van der Waals surface area (Å²) >= 11 is 1.34. The lowest BCUT2D eigenvalue weighted by molar-refractivity contribution is -0.121. The molecular weight excluding hydrogens is 256 g/mol. The molecule has 1 aromatic rings. The molecular formula is C13H17F2NOS. The monoisotopic (exact) mass is 273 g/mol. The third-order valence-corrected chi connectivity index (χ3v) is 3.50. The molecule has 0 bridgehead atoms. The van der Waals surface area contributed by atoms with Crippen LogP contribution < -0.4 is 5.32 Å². The Balaban J connectivity index is 2.33. The third-order valence-electron chi connectivity index (χ3n) is 2.51. The Labute approximate surface area is 110 Å². The van der Waals surface area contributed by atoms with Crippen LogP contribution in [0.25, 0.3) is 0 Å². The minimum Gasteiger partial charge on any atom is -0.354 e. The molecule has 1 aromatic carbocycles. The molecule has 1 unspecified atom stereocenters. The van der Waals surface area contributed by atoms with E-state index in [4.69, 9.17) is 0 Å². The van der Waals surface area contributed by atoms with E-state index >= 15 is 0 Å². The highest BCUT2D eigenvalue weighted by Gasteiger charge is 2.07. The molecule has 0 spiro atoms. The molecule has 2 nitrogen and oxygen atoms in total. The molecule has 1 N–H and O–H groups in total. The van der Waals surface area contributed by atoms with Gasteiger partial charge in [-0.1, -0.05) is 6.92 Å². The van der Waals surface area contributed by atoms with Crippen LogP contribution in [0.2, 0.25) is 0 Å².